The normalized spacial score (nSPS) is 11.8. The number of H-pyrrole nitrogens is 1. The van der Waals surface area contributed by atoms with Gasteiger partial charge in [0.25, 0.3) is 5.91 Å². The van der Waals surface area contributed by atoms with Gasteiger partial charge in [0, 0.05) is 17.5 Å². The minimum atomic E-state index is -4.50. The van der Waals surface area contributed by atoms with Crippen LogP contribution in [0, 0.1) is 0 Å². The number of rotatable bonds is 5. The Kier molecular flexibility index (Phi) is 5.53. The molecule has 4 rings (SSSR count). The van der Waals surface area contributed by atoms with Crippen molar-refractivity contribution in [1.82, 2.24) is 15.4 Å². The van der Waals surface area contributed by atoms with Crippen molar-refractivity contribution in [2.75, 3.05) is 0 Å². The molecule has 2 N–H and O–H groups in total. The molecule has 5 nitrogen and oxygen atoms in total. The van der Waals surface area contributed by atoms with Crippen molar-refractivity contribution in [3.05, 3.63) is 101 Å². The van der Waals surface area contributed by atoms with Crippen LogP contribution in [0.4, 0.5) is 13.2 Å². The van der Waals surface area contributed by atoms with E-state index in [4.69, 9.17) is 0 Å². The van der Waals surface area contributed by atoms with E-state index in [0.717, 1.165) is 23.7 Å². The van der Waals surface area contributed by atoms with E-state index in [1.807, 2.05) is 30.3 Å². The summed E-state index contributed by atoms with van der Waals surface area (Å²) in [5, 5.41) is 3.68. The summed E-state index contributed by atoms with van der Waals surface area (Å²) in [6.45, 7) is 0. The molecule has 31 heavy (non-hydrogen) atoms. The molecule has 0 saturated heterocycles. The first-order valence-electron chi connectivity index (χ1n) is 9.42. The van der Waals surface area contributed by atoms with E-state index in [1.54, 1.807) is 18.2 Å². The number of benzene rings is 3. The number of imidazole rings is 1. The van der Waals surface area contributed by atoms with E-state index in [2.05, 4.69) is 20.5 Å². The van der Waals surface area contributed by atoms with Crippen molar-refractivity contribution >= 4 is 23.2 Å². The van der Waals surface area contributed by atoms with Crippen molar-refractivity contribution < 1.29 is 18.0 Å². The molecule has 1 heterocycles. The first-order valence-corrected chi connectivity index (χ1v) is 9.42. The molecular weight excluding hydrogens is 405 g/mol. The van der Waals surface area contributed by atoms with Crippen LogP contribution in [0.1, 0.15) is 32.9 Å². The number of alkyl halides is 3. The molecule has 0 aliphatic heterocycles. The number of nitrogens with one attached hydrogen (secondary N) is 2. The van der Waals surface area contributed by atoms with E-state index in [0.29, 0.717) is 23.0 Å². The Hall–Kier alpha value is -3.94. The lowest BCUT2D eigenvalue weighted by molar-refractivity contribution is -0.137. The number of amides is 1. The number of carbonyl (C=O) groups excluding carboxylic acids is 1. The molecule has 4 aromatic rings. The molecule has 0 fully saturated rings. The van der Waals surface area contributed by atoms with Gasteiger partial charge in [0.15, 0.2) is 0 Å². The van der Waals surface area contributed by atoms with Crippen molar-refractivity contribution in [3.63, 3.8) is 0 Å². The molecule has 8 heteroatoms. The number of aromatic nitrogens is 2. The van der Waals surface area contributed by atoms with Gasteiger partial charge in [-0.15, -0.1) is 0 Å². The summed E-state index contributed by atoms with van der Waals surface area (Å²) in [7, 11) is 0. The number of nitrogens with zero attached hydrogens (tertiary/aromatic N) is 2. The first-order chi connectivity index (χ1) is 14.9. The van der Waals surface area contributed by atoms with Crippen molar-refractivity contribution in [3.8, 4) is 0 Å². The van der Waals surface area contributed by atoms with E-state index in [-0.39, 0.29) is 5.56 Å². The molecule has 0 spiro atoms. The summed E-state index contributed by atoms with van der Waals surface area (Å²) >= 11 is 0. The fraction of sp³-hybridized carbons (Fsp3) is 0.0870. The topological polar surface area (TPSA) is 70.1 Å². The summed E-state index contributed by atoms with van der Waals surface area (Å²) in [6, 6.07) is 19.8. The minimum Gasteiger partial charge on any atom is -0.342 e. The smallest absolute Gasteiger partial charge is 0.342 e. The van der Waals surface area contributed by atoms with Crippen LogP contribution < -0.4 is 5.43 Å². The van der Waals surface area contributed by atoms with Crippen molar-refractivity contribution in [2.24, 2.45) is 5.10 Å². The average molecular weight is 422 g/mol. The van der Waals surface area contributed by atoms with E-state index in [9.17, 15) is 18.0 Å². The quantitative estimate of drug-likeness (QED) is 0.353. The van der Waals surface area contributed by atoms with Gasteiger partial charge < -0.3 is 4.98 Å². The van der Waals surface area contributed by atoms with Crippen LogP contribution in [0.25, 0.3) is 11.0 Å². The minimum absolute atomic E-state index is 0.134. The second-order valence-electron chi connectivity index (χ2n) is 6.86. The SMILES string of the molecule is O=C(N/N=C\c1ccccc1C(F)(F)F)c1ccc2nc(Cc3ccccc3)[nH]c2c1. The second kappa shape index (κ2) is 8.43. The molecule has 156 valence electrons. The fourth-order valence-corrected chi connectivity index (χ4v) is 3.17. The van der Waals surface area contributed by atoms with Crippen LogP contribution in [-0.4, -0.2) is 22.1 Å². The highest BCUT2D eigenvalue weighted by atomic mass is 19.4. The van der Waals surface area contributed by atoms with Crippen LogP contribution in [-0.2, 0) is 12.6 Å². The molecule has 1 amide bonds. The number of hydrogen-bond donors (Lipinski definition) is 2. The van der Waals surface area contributed by atoms with Crippen LogP contribution >= 0.6 is 0 Å². The standard InChI is InChI=1S/C23H17F3N4O/c24-23(25,26)18-9-5-4-8-17(18)14-27-30-22(31)16-10-11-19-20(13-16)29-21(28-19)12-15-6-2-1-3-7-15/h1-11,13-14H,12H2,(H,28,29)(H,30,31)/b27-14-. The monoisotopic (exact) mass is 422 g/mol. The Labute approximate surface area is 175 Å². The molecule has 1 aromatic heterocycles. The average Bonchev–Trinajstić information content (AvgIpc) is 3.15. The predicted octanol–water partition coefficient (Wildman–Crippen LogP) is 4.94. The lowest BCUT2D eigenvalue weighted by Gasteiger charge is -2.09. The van der Waals surface area contributed by atoms with Gasteiger partial charge in [-0.3, -0.25) is 4.79 Å². The number of hydrazone groups is 1. The van der Waals surface area contributed by atoms with Crippen molar-refractivity contribution in [1.29, 1.82) is 0 Å². The Morgan fingerprint density at radius 1 is 1.03 bits per heavy atom. The van der Waals surface area contributed by atoms with Crippen LogP contribution in [0.2, 0.25) is 0 Å². The molecule has 0 aliphatic rings. The molecule has 3 aromatic carbocycles. The number of fused-ring (bicyclic) bond motifs is 1. The van der Waals surface area contributed by atoms with Crippen LogP contribution in [0.3, 0.4) is 0 Å². The van der Waals surface area contributed by atoms with Gasteiger partial charge >= 0.3 is 6.18 Å². The Bertz CT molecular complexity index is 1250. The fourth-order valence-electron chi connectivity index (χ4n) is 3.17. The maximum absolute atomic E-state index is 13.0. The third-order valence-electron chi connectivity index (χ3n) is 4.64. The summed E-state index contributed by atoms with van der Waals surface area (Å²) < 4.78 is 39.1. The zero-order chi connectivity index (χ0) is 21.8. The Balaban J connectivity index is 1.48. The molecule has 0 unspecified atom stereocenters. The van der Waals surface area contributed by atoms with Crippen LogP contribution in [0.15, 0.2) is 77.9 Å². The summed E-state index contributed by atoms with van der Waals surface area (Å²) in [5.74, 6) is 0.224. The molecule has 0 radical (unpaired) electrons. The number of aromatic amines is 1. The zero-order valence-corrected chi connectivity index (χ0v) is 16.1. The summed E-state index contributed by atoms with van der Waals surface area (Å²) in [5.41, 5.74) is 4.12. The summed E-state index contributed by atoms with van der Waals surface area (Å²) in [4.78, 5) is 20.1. The number of carbonyl (C=O) groups is 1. The summed E-state index contributed by atoms with van der Waals surface area (Å²) in [6.07, 6.45) is -2.90. The van der Waals surface area contributed by atoms with Gasteiger partial charge in [0.05, 0.1) is 22.8 Å². The lowest BCUT2D eigenvalue weighted by Crippen LogP contribution is -2.18. The predicted molar refractivity (Wildman–Crippen MR) is 112 cm³/mol. The molecule has 0 bridgehead atoms. The Morgan fingerprint density at radius 2 is 1.77 bits per heavy atom. The highest BCUT2D eigenvalue weighted by Gasteiger charge is 2.32. The van der Waals surface area contributed by atoms with Gasteiger partial charge in [-0.25, -0.2) is 10.4 Å². The third kappa shape index (κ3) is 4.80. The van der Waals surface area contributed by atoms with Gasteiger partial charge in [-0.05, 0) is 29.8 Å². The highest BCUT2D eigenvalue weighted by molar-refractivity contribution is 5.97. The van der Waals surface area contributed by atoms with E-state index < -0.39 is 17.6 Å². The maximum atomic E-state index is 13.0. The van der Waals surface area contributed by atoms with Gasteiger partial charge in [0.1, 0.15) is 5.82 Å². The first kappa shape index (κ1) is 20.3. The van der Waals surface area contributed by atoms with Gasteiger partial charge in [-0.1, -0.05) is 48.5 Å². The second-order valence-corrected chi connectivity index (χ2v) is 6.86. The Morgan fingerprint density at radius 3 is 2.55 bits per heavy atom. The number of hydrogen-bond acceptors (Lipinski definition) is 3. The van der Waals surface area contributed by atoms with E-state index in [1.165, 1.54) is 18.2 Å². The van der Waals surface area contributed by atoms with E-state index >= 15 is 0 Å². The zero-order valence-electron chi connectivity index (χ0n) is 16.1. The molecular formula is C23H17F3N4O. The van der Waals surface area contributed by atoms with Crippen LogP contribution in [0.5, 0.6) is 0 Å². The highest BCUT2D eigenvalue weighted by Crippen LogP contribution is 2.31. The third-order valence-corrected chi connectivity index (χ3v) is 4.64. The number of halogens is 3. The van der Waals surface area contributed by atoms with Crippen molar-refractivity contribution in [2.45, 2.75) is 12.6 Å². The largest absolute Gasteiger partial charge is 0.417 e. The molecule has 0 saturated carbocycles. The maximum Gasteiger partial charge on any atom is 0.417 e. The molecule has 0 aliphatic carbocycles. The lowest BCUT2D eigenvalue weighted by atomic mass is 10.1. The van der Waals surface area contributed by atoms with Gasteiger partial charge in [-0.2, -0.15) is 18.3 Å². The molecule has 0 atom stereocenters. The van der Waals surface area contributed by atoms with Gasteiger partial charge in [0.2, 0.25) is 0 Å².